The molecule has 0 spiro atoms. The van der Waals surface area contributed by atoms with Gasteiger partial charge in [-0.15, -0.1) is 0 Å². The minimum atomic E-state index is -0.107. The average Bonchev–Trinajstić information content (AvgIpc) is 3.18. The minimum absolute atomic E-state index is 0.0199. The second-order valence-electron chi connectivity index (χ2n) is 7.76. The first-order valence-corrected chi connectivity index (χ1v) is 11.6. The maximum absolute atomic E-state index is 13.0. The number of para-hydroxylation sites is 3. The molecule has 0 radical (unpaired) electrons. The molecule has 0 saturated carbocycles. The normalized spacial score (nSPS) is 10.8. The number of hydrogen-bond donors (Lipinski definition) is 1. The zero-order valence-corrected chi connectivity index (χ0v) is 20.0. The number of imidazole rings is 1. The van der Waals surface area contributed by atoms with E-state index in [9.17, 15) is 9.59 Å². The van der Waals surface area contributed by atoms with Crippen LogP contribution in [0.3, 0.4) is 0 Å². The number of hydrogen-bond acceptors (Lipinski definition) is 3. The Kier molecular flexibility index (Phi) is 7.19. The zero-order chi connectivity index (χ0) is 23.2. The lowest BCUT2D eigenvalue weighted by Crippen LogP contribution is -2.30. The quantitative estimate of drug-likeness (QED) is 0.349. The Hall–Kier alpha value is -3.45. The lowest BCUT2D eigenvalue weighted by atomic mass is 10.2. The fourth-order valence-corrected chi connectivity index (χ4v) is 4.11. The Bertz CT molecular complexity index is 1270. The molecule has 3 aromatic carbocycles. The van der Waals surface area contributed by atoms with Gasteiger partial charge in [0.25, 0.3) is 5.91 Å². The van der Waals surface area contributed by atoms with Crippen molar-refractivity contribution in [1.29, 1.82) is 0 Å². The molecule has 0 aliphatic rings. The number of benzene rings is 3. The predicted octanol–water partition coefficient (Wildman–Crippen LogP) is 4.82. The molecule has 4 aromatic rings. The highest BCUT2D eigenvalue weighted by atomic mass is 79.9. The van der Waals surface area contributed by atoms with E-state index in [0.29, 0.717) is 24.9 Å². The number of halogens is 1. The average molecular weight is 505 g/mol. The summed E-state index contributed by atoms with van der Waals surface area (Å²) in [7, 11) is 1.79. The van der Waals surface area contributed by atoms with Gasteiger partial charge in [0.05, 0.1) is 11.0 Å². The first-order chi connectivity index (χ1) is 16.0. The summed E-state index contributed by atoms with van der Waals surface area (Å²) in [6, 6.07) is 24.7. The Morgan fingerprint density at radius 1 is 1.00 bits per heavy atom. The number of aromatic nitrogens is 2. The molecule has 168 valence electrons. The van der Waals surface area contributed by atoms with Crippen molar-refractivity contribution in [3.05, 3.63) is 94.7 Å². The van der Waals surface area contributed by atoms with Crippen LogP contribution in [0.4, 0.5) is 5.69 Å². The smallest absolute Gasteiger partial charge is 0.251 e. The second-order valence-corrected chi connectivity index (χ2v) is 8.68. The van der Waals surface area contributed by atoms with Crippen LogP contribution in [0.15, 0.2) is 83.3 Å². The molecular formula is C26H25BrN4O2. The van der Waals surface area contributed by atoms with Crippen LogP contribution in [0.25, 0.3) is 11.0 Å². The number of aryl methyl sites for hydroxylation is 1. The van der Waals surface area contributed by atoms with Gasteiger partial charge in [-0.25, -0.2) is 4.98 Å². The van der Waals surface area contributed by atoms with Crippen molar-refractivity contribution < 1.29 is 9.59 Å². The standard InChI is InChI=1S/C26H25BrN4O2/c1-30(21-11-3-2-4-12-21)25(32)18-31-23-14-6-5-13-22(23)29-24(31)15-8-16-28-26(33)19-9-7-10-20(27)17-19/h2-7,9-14,17H,8,15-16,18H2,1H3,(H,28,33). The molecule has 7 heteroatoms. The Morgan fingerprint density at radius 2 is 1.76 bits per heavy atom. The van der Waals surface area contributed by atoms with Crippen molar-refractivity contribution in [3.8, 4) is 0 Å². The van der Waals surface area contributed by atoms with Gasteiger partial charge in [0, 0.05) is 35.7 Å². The van der Waals surface area contributed by atoms with E-state index in [2.05, 4.69) is 21.2 Å². The molecule has 0 unspecified atom stereocenters. The van der Waals surface area contributed by atoms with Gasteiger partial charge in [0.1, 0.15) is 12.4 Å². The highest BCUT2D eigenvalue weighted by molar-refractivity contribution is 9.10. The third-order valence-corrected chi connectivity index (χ3v) is 5.99. The summed E-state index contributed by atoms with van der Waals surface area (Å²) >= 11 is 3.39. The van der Waals surface area contributed by atoms with Gasteiger partial charge >= 0.3 is 0 Å². The van der Waals surface area contributed by atoms with E-state index in [0.717, 1.165) is 27.0 Å². The van der Waals surface area contributed by atoms with Crippen molar-refractivity contribution in [2.75, 3.05) is 18.5 Å². The fourth-order valence-electron chi connectivity index (χ4n) is 3.71. The van der Waals surface area contributed by atoms with Gasteiger partial charge in [0.15, 0.2) is 0 Å². The number of likely N-dealkylation sites (N-methyl/N-ethyl adjacent to an activating group) is 1. The summed E-state index contributed by atoms with van der Waals surface area (Å²) < 4.78 is 2.85. The summed E-state index contributed by atoms with van der Waals surface area (Å²) in [6.07, 6.45) is 1.36. The van der Waals surface area contributed by atoms with Crippen LogP contribution in [-0.2, 0) is 17.8 Å². The number of fused-ring (bicyclic) bond motifs is 1. The van der Waals surface area contributed by atoms with Crippen LogP contribution in [-0.4, -0.2) is 35.0 Å². The lowest BCUT2D eigenvalue weighted by Gasteiger charge is -2.18. The second kappa shape index (κ2) is 10.4. The largest absolute Gasteiger partial charge is 0.352 e. The van der Waals surface area contributed by atoms with Crippen molar-refractivity contribution in [1.82, 2.24) is 14.9 Å². The summed E-state index contributed by atoms with van der Waals surface area (Å²) in [4.78, 5) is 31.8. The van der Waals surface area contributed by atoms with Gasteiger partial charge in [-0.2, -0.15) is 0 Å². The first kappa shape index (κ1) is 22.7. The van der Waals surface area contributed by atoms with Gasteiger partial charge in [-0.3, -0.25) is 9.59 Å². The van der Waals surface area contributed by atoms with Crippen molar-refractivity contribution in [3.63, 3.8) is 0 Å². The molecule has 1 aromatic heterocycles. The summed E-state index contributed by atoms with van der Waals surface area (Å²) in [6.45, 7) is 0.720. The highest BCUT2D eigenvalue weighted by Crippen LogP contribution is 2.19. The van der Waals surface area contributed by atoms with Crippen LogP contribution < -0.4 is 10.2 Å². The zero-order valence-electron chi connectivity index (χ0n) is 18.4. The monoisotopic (exact) mass is 504 g/mol. The minimum Gasteiger partial charge on any atom is -0.352 e. The first-order valence-electron chi connectivity index (χ1n) is 10.8. The van der Waals surface area contributed by atoms with Crippen molar-refractivity contribution in [2.45, 2.75) is 19.4 Å². The molecule has 4 rings (SSSR count). The van der Waals surface area contributed by atoms with Gasteiger partial charge in [-0.05, 0) is 48.9 Å². The maximum atomic E-state index is 13.0. The molecule has 33 heavy (non-hydrogen) atoms. The van der Waals surface area contributed by atoms with Crippen molar-refractivity contribution >= 4 is 44.5 Å². The third-order valence-electron chi connectivity index (χ3n) is 5.49. The van der Waals surface area contributed by atoms with Crippen molar-refractivity contribution in [2.24, 2.45) is 0 Å². The van der Waals surface area contributed by atoms with Crippen LogP contribution in [0.1, 0.15) is 22.6 Å². The molecule has 6 nitrogen and oxygen atoms in total. The Morgan fingerprint density at radius 3 is 2.55 bits per heavy atom. The number of anilines is 1. The Balaban J connectivity index is 1.44. The van der Waals surface area contributed by atoms with Gasteiger partial charge in [0.2, 0.25) is 5.91 Å². The molecule has 2 amide bonds. The van der Waals surface area contributed by atoms with E-state index in [4.69, 9.17) is 4.98 Å². The predicted molar refractivity (Wildman–Crippen MR) is 134 cm³/mol. The molecule has 0 saturated heterocycles. The number of nitrogens with zero attached hydrogens (tertiary/aromatic N) is 3. The van der Waals surface area contributed by atoms with E-state index in [-0.39, 0.29) is 18.4 Å². The van der Waals surface area contributed by atoms with E-state index < -0.39 is 0 Å². The maximum Gasteiger partial charge on any atom is 0.251 e. The molecule has 0 bridgehead atoms. The number of amides is 2. The Labute approximate surface area is 201 Å². The molecule has 0 atom stereocenters. The van der Waals surface area contributed by atoms with Crippen LogP contribution in [0, 0.1) is 0 Å². The summed E-state index contributed by atoms with van der Waals surface area (Å²) in [5.74, 6) is 0.709. The van der Waals surface area contributed by atoms with Crippen LogP contribution in [0.5, 0.6) is 0 Å². The van der Waals surface area contributed by atoms with E-state index >= 15 is 0 Å². The molecule has 0 aliphatic heterocycles. The number of nitrogens with one attached hydrogen (secondary N) is 1. The van der Waals surface area contributed by atoms with Crippen LogP contribution in [0.2, 0.25) is 0 Å². The number of carbonyl (C=O) groups is 2. The summed E-state index contributed by atoms with van der Waals surface area (Å²) in [5.41, 5.74) is 3.26. The lowest BCUT2D eigenvalue weighted by molar-refractivity contribution is -0.118. The molecule has 0 aliphatic carbocycles. The number of carbonyl (C=O) groups excluding carboxylic acids is 2. The summed E-state index contributed by atoms with van der Waals surface area (Å²) in [5, 5.41) is 2.96. The van der Waals surface area contributed by atoms with E-state index in [1.807, 2.05) is 71.3 Å². The van der Waals surface area contributed by atoms with E-state index in [1.165, 1.54) is 0 Å². The fraction of sp³-hybridized carbons (Fsp3) is 0.192. The van der Waals surface area contributed by atoms with E-state index in [1.54, 1.807) is 24.1 Å². The SMILES string of the molecule is CN(C(=O)Cn1c(CCCNC(=O)c2cccc(Br)c2)nc2ccccc21)c1ccccc1. The highest BCUT2D eigenvalue weighted by Gasteiger charge is 2.17. The topological polar surface area (TPSA) is 67.2 Å². The molecular weight excluding hydrogens is 480 g/mol. The molecule has 1 heterocycles. The van der Waals surface area contributed by atoms with Crippen LogP contribution >= 0.6 is 15.9 Å². The molecule has 0 fully saturated rings. The van der Waals surface area contributed by atoms with Gasteiger partial charge < -0.3 is 14.8 Å². The van der Waals surface area contributed by atoms with Gasteiger partial charge in [-0.1, -0.05) is 52.3 Å². The third kappa shape index (κ3) is 5.49. The number of rotatable bonds is 8. The molecule has 1 N–H and O–H groups in total.